The molecule has 0 bridgehead atoms. The van der Waals surface area contributed by atoms with Crippen molar-refractivity contribution in [1.82, 2.24) is 14.9 Å². The van der Waals surface area contributed by atoms with Crippen LogP contribution in [0.2, 0.25) is 0 Å². The molecule has 0 unspecified atom stereocenters. The molecule has 24 heavy (non-hydrogen) atoms. The maximum Gasteiger partial charge on any atom is 0.222 e. The van der Waals surface area contributed by atoms with Crippen LogP contribution in [0.5, 0.6) is 0 Å². The maximum absolute atomic E-state index is 5.98. The van der Waals surface area contributed by atoms with Crippen LogP contribution < -0.4 is 10.6 Å². The fourth-order valence-electron chi connectivity index (χ4n) is 4.01. The van der Waals surface area contributed by atoms with Gasteiger partial charge in [0.2, 0.25) is 5.95 Å². The highest BCUT2D eigenvalue weighted by Crippen LogP contribution is 2.28. The second kappa shape index (κ2) is 7.45. The average molecular weight is 350 g/mol. The lowest BCUT2D eigenvalue weighted by Crippen LogP contribution is -2.48. The van der Waals surface area contributed by atoms with Gasteiger partial charge in [-0.1, -0.05) is 0 Å². The quantitative estimate of drug-likeness (QED) is 0.888. The average Bonchev–Trinajstić information content (AvgIpc) is 3.17. The van der Waals surface area contributed by atoms with E-state index in [0.717, 1.165) is 50.3 Å². The first-order valence-corrected chi connectivity index (χ1v) is 10.2. The third kappa shape index (κ3) is 3.63. The van der Waals surface area contributed by atoms with Crippen molar-refractivity contribution in [2.24, 2.45) is 0 Å². The summed E-state index contributed by atoms with van der Waals surface area (Å²) in [5.41, 5.74) is 7.02. The van der Waals surface area contributed by atoms with Crippen LogP contribution in [0, 0.1) is 0 Å². The Morgan fingerprint density at radius 2 is 1.88 bits per heavy atom. The van der Waals surface area contributed by atoms with E-state index in [9.17, 15) is 0 Å². The van der Waals surface area contributed by atoms with Gasteiger partial charge in [-0.15, -0.1) is 0 Å². The Morgan fingerprint density at radius 3 is 2.58 bits per heavy atom. The monoisotopic (exact) mass is 349 g/mol. The van der Waals surface area contributed by atoms with Crippen molar-refractivity contribution in [3.8, 4) is 0 Å². The second-order valence-electron chi connectivity index (χ2n) is 6.94. The minimum absolute atomic E-state index is 0.373. The summed E-state index contributed by atoms with van der Waals surface area (Å²) in [4.78, 5) is 14.0. The van der Waals surface area contributed by atoms with Crippen LogP contribution in [-0.4, -0.2) is 71.8 Å². The molecular formula is C17H27N5OS. The molecule has 2 N–H and O–H groups in total. The molecule has 1 aromatic rings. The van der Waals surface area contributed by atoms with Gasteiger partial charge in [0.05, 0.1) is 12.3 Å². The summed E-state index contributed by atoms with van der Waals surface area (Å²) in [6.45, 7) is 6.20. The molecule has 3 aliphatic heterocycles. The van der Waals surface area contributed by atoms with E-state index in [4.69, 9.17) is 10.5 Å². The number of nitrogens with zero attached hydrogens (tertiary/aromatic N) is 4. The van der Waals surface area contributed by atoms with Gasteiger partial charge in [0.1, 0.15) is 5.82 Å². The molecule has 3 fully saturated rings. The zero-order chi connectivity index (χ0) is 16.4. The normalized spacial score (nSPS) is 26.8. The summed E-state index contributed by atoms with van der Waals surface area (Å²) in [5.74, 6) is 4.34. The number of rotatable bonds is 3. The van der Waals surface area contributed by atoms with Crippen LogP contribution in [-0.2, 0) is 4.74 Å². The Labute approximate surface area is 148 Å². The third-order valence-corrected chi connectivity index (χ3v) is 6.39. The first-order valence-electron chi connectivity index (χ1n) is 9.08. The highest BCUT2D eigenvalue weighted by molar-refractivity contribution is 7.99. The van der Waals surface area contributed by atoms with Gasteiger partial charge in [-0.05, 0) is 19.3 Å². The smallest absolute Gasteiger partial charge is 0.222 e. The van der Waals surface area contributed by atoms with Gasteiger partial charge in [-0.25, -0.2) is 4.98 Å². The number of thioether (sulfide) groups is 1. The van der Waals surface area contributed by atoms with E-state index >= 15 is 0 Å². The van der Waals surface area contributed by atoms with E-state index in [-0.39, 0.29) is 0 Å². The highest BCUT2D eigenvalue weighted by Gasteiger charge is 2.27. The lowest BCUT2D eigenvalue weighted by Gasteiger charge is -2.40. The molecule has 7 heteroatoms. The molecule has 0 saturated carbocycles. The summed E-state index contributed by atoms with van der Waals surface area (Å²) >= 11 is 2.08. The molecule has 0 aliphatic carbocycles. The molecule has 6 nitrogen and oxygen atoms in total. The van der Waals surface area contributed by atoms with Crippen LogP contribution >= 0.6 is 11.8 Å². The van der Waals surface area contributed by atoms with Gasteiger partial charge >= 0.3 is 0 Å². The highest BCUT2D eigenvalue weighted by atomic mass is 32.2. The Bertz CT molecular complexity index is 552. The van der Waals surface area contributed by atoms with Crippen LogP contribution in [0.3, 0.4) is 0 Å². The largest absolute Gasteiger partial charge is 0.381 e. The molecule has 0 radical (unpaired) electrons. The van der Waals surface area contributed by atoms with Crippen molar-refractivity contribution < 1.29 is 4.74 Å². The number of hydrogen-bond donors (Lipinski definition) is 1. The molecule has 0 spiro atoms. The molecule has 4 heterocycles. The minimum atomic E-state index is 0.373. The van der Waals surface area contributed by atoms with Crippen molar-refractivity contribution >= 4 is 23.5 Å². The standard InChI is InChI=1S/C17H27N5OS/c18-17-19-15(13-3-8-23-12-13)11-16(20-17)22-4-1-14(2-5-22)21-6-9-24-10-7-21/h11,13-14H,1-10,12H2,(H2,18,19,20)/t13-/m0/s1. The predicted octanol–water partition coefficient (Wildman–Crippen LogP) is 1.58. The summed E-state index contributed by atoms with van der Waals surface area (Å²) in [5, 5.41) is 0. The Kier molecular flexibility index (Phi) is 5.10. The predicted molar refractivity (Wildman–Crippen MR) is 98.8 cm³/mol. The van der Waals surface area contributed by atoms with Gasteiger partial charge in [0, 0.05) is 62.3 Å². The maximum atomic E-state index is 5.98. The number of nitrogen functional groups attached to an aromatic ring is 1. The summed E-state index contributed by atoms with van der Waals surface area (Å²) in [6, 6.07) is 2.87. The van der Waals surface area contributed by atoms with E-state index in [1.165, 1.54) is 37.4 Å². The SMILES string of the molecule is Nc1nc([C@H]2CCOC2)cc(N2CCC(N3CCSCC3)CC2)n1. The zero-order valence-electron chi connectivity index (χ0n) is 14.2. The fraction of sp³-hybridized carbons (Fsp3) is 0.765. The topological polar surface area (TPSA) is 67.5 Å². The molecule has 0 amide bonds. The molecule has 1 aromatic heterocycles. The molecule has 1 atom stereocenters. The molecular weight excluding hydrogens is 322 g/mol. The van der Waals surface area contributed by atoms with Gasteiger partial charge in [-0.2, -0.15) is 16.7 Å². The van der Waals surface area contributed by atoms with E-state index in [0.29, 0.717) is 11.9 Å². The first-order chi connectivity index (χ1) is 11.8. The Hall–Kier alpha value is -1.05. The van der Waals surface area contributed by atoms with Crippen LogP contribution in [0.4, 0.5) is 11.8 Å². The lowest BCUT2D eigenvalue weighted by molar-refractivity contribution is 0.185. The van der Waals surface area contributed by atoms with Crippen molar-refractivity contribution in [2.45, 2.75) is 31.2 Å². The van der Waals surface area contributed by atoms with E-state index in [2.05, 4.69) is 37.6 Å². The lowest BCUT2D eigenvalue weighted by atomic mass is 10.0. The Balaban J connectivity index is 1.41. The van der Waals surface area contributed by atoms with E-state index < -0.39 is 0 Å². The van der Waals surface area contributed by atoms with Crippen molar-refractivity contribution in [1.29, 1.82) is 0 Å². The number of anilines is 2. The minimum Gasteiger partial charge on any atom is -0.381 e. The summed E-state index contributed by atoms with van der Waals surface area (Å²) in [7, 11) is 0. The van der Waals surface area contributed by atoms with Crippen molar-refractivity contribution in [2.75, 3.05) is 61.5 Å². The fourth-order valence-corrected chi connectivity index (χ4v) is 4.94. The molecule has 0 aromatic carbocycles. The van der Waals surface area contributed by atoms with Crippen LogP contribution in [0.15, 0.2) is 6.07 Å². The molecule has 3 saturated heterocycles. The zero-order valence-corrected chi connectivity index (χ0v) is 15.0. The van der Waals surface area contributed by atoms with Crippen molar-refractivity contribution in [3.05, 3.63) is 11.8 Å². The van der Waals surface area contributed by atoms with Gasteiger partial charge in [0.25, 0.3) is 0 Å². The van der Waals surface area contributed by atoms with Crippen LogP contribution in [0.1, 0.15) is 30.9 Å². The summed E-state index contributed by atoms with van der Waals surface area (Å²) < 4.78 is 5.50. The number of piperidine rings is 1. The van der Waals surface area contributed by atoms with E-state index in [1.54, 1.807) is 0 Å². The van der Waals surface area contributed by atoms with Gasteiger partial charge in [0.15, 0.2) is 0 Å². The number of ether oxygens (including phenoxy) is 1. The van der Waals surface area contributed by atoms with E-state index in [1.807, 2.05) is 0 Å². The molecule has 3 aliphatic rings. The second-order valence-corrected chi connectivity index (χ2v) is 8.16. The van der Waals surface area contributed by atoms with Gasteiger partial charge in [-0.3, -0.25) is 4.90 Å². The number of hydrogen-bond acceptors (Lipinski definition) is 7. The number of nitrogens with two attached hydrogens (primary N) is 1. The van der Waals surface area contributed by atoms with Crippen molar-refractivity contribution in [3.63, 3.8) is 0 Å². The first kappa shape index (κ1) is 16.4. The molecule has 132 valence electrons. The Morgan fingerprint density at radius 1 is 1.08 bits per heavy atom. The molecule has 4 rings (SSSR count). The summed E-state index contributed by atoms with van der Waals surface area (Å²) in [6.07, 6.45) is 3.47. The van der Waals surface area contributed by atoms with Gasteiger partial charge < -0.3 is 15.4 Å². The van der Waals surface area contributed by atoms with Crippen LogP contribution in [0.25, 0.3) is 0 Å². The number of aromatic nitrogens is 2. The third-order valence-electron chi connectivity index (χ3n) is 5.45.